The number of hydrogen-bond acceptors (Lipinski definition) is 3. The van der Waals surface area contributed by atoms with Crippen LogP contribution >= 0.6 is 11.9 Å². The van der Waals surface area contributed by atoms with Gasteiger partial charge in [-0.1, -0.05) is 18.1 Å². The molecular weight excluding hydrogens is 289 g/mol. The average molecular weight is 297 g/mol. The summed E-state index contributed by atoms with van der Waals surface area (Å²) in [7, 11) is 0. The van der Waals surface area contributed by atoms with E-state index in [0.717, 1.165) is 16.3 Å². The highest BCUT2D eigenvalue weighted by molar-refractivity contribution is 8.02. The summed E-state index contributed by atoms with van der Waals surface area (Å²) in [5.41, 5.74) is 1.39. The summed E-state index contributed by atoms with van der Waals surface area (Å²) in [5.74, 6) is 1.69. The molecule has 1 aliphatic rings. The fourth-order valence-electron chi connectivity index (χ4n) is 1.91. The number of carbonyl (C=O) groups excluding carboxylic acids is 2. The molecule has 3 nitrogen and oxygen atoms in total. The van der Waals surface area contributed by atoms with Gasteiger partial charge in [0.1, 0.15) is 5.82 Å². The molecule has 0 saturated carbocycles. The predicted molar refractivity (Wildman–Crippen MR) is 77.8 cm³/mol. The van der Waals surface area contributed by atoms with Crippen molar-refractivity contribution in [2.24, 2.45) is 0 Å². The number of benzene rings is 2. The van der Waals surface area contributed by atoms with Crippen LogP contribution in [-0.2, 0) is 0 Å². The lowest BCUT2D eigenvalue weighted by atomic mass is 10.1. The molecule has 0 unspecified atom stereocenters. The van der Waals surface area contributed by atoms with Crippen molar-refractivity contribution in [1.29, 1.82) is 0 Å². The molecule has 0 spiro atoms. The summed E-state index contributed by atoms with van der Waals surface area (Å²) in [4.78, 5) is 24.1. The van der Waals surface area contributed by atoms with Crippen molar-refractivity contribution in [3.05, 3.63) is 71.0 Å². The first-order chi connectivity index (χ1) is 10.2. The monoisotopic (exact) mass is 297 g/mol. The summed E-state index contributed by atoms with van der Waals surface area (Å²) in [6, 6.07) is 12.3. The molecule has 3 rings (SSSR count). The number of rotatable bonds is 1. The lowest BCUT2D eigenvalue weighted by Crippen LogP contribution is -2.21. The third-order valence-electron chi connectivity index (χ3n) is 2.93. The second kappa shape index (κ2) is 5.43. The Morgan fingerprint density at radius 2 is 1.48 bits per heavy atom. The molecule has 0 bridgehead atoms. The van der Waals surface area contributed by atoms with Gasteiger partial charge in [-0.2, -0.15) is 0 Å². The first-order valence-corrected chi connectivity index (χ1v) is 6.85. The van der Waals surface area contributed by atoms with Gasteiger partial charge in [-0.25, -0.2) is 8.70 Å². The van der Waals surface area contributed by atoms with Crippen molar-refractivity contribution in [2.45, 2.75) is 0 Å². The normalized spacial score (nSPS) is 12.9. The number of imide groups is 1. The van der Waals surface area contributed by atoms with Gasteiger partial charge in [0, 0.05) is 5.56 Å². The number of amides is 2. The Balaban J connectivity index is 1.77. The van der Waals surface area contributed by atoms with Gasteiger partial charge in [0.2, 0.25) is 0 Å². The molecule has 1 aliphatic heterocycles. The molecule has 0 radical (unpaired) electrons. The first-order valence-electron chi connectivity index (χ1n) is 6.08. The van der Waals surface area contributed by atoms with Gasteiger partial charge in [0.25, 0.3) is 11.8 Å². The molecule has 2 amide bonds. The number of hydrogen-bond donors (Lipinski definition) is 0. The second-order valence-corrected chi connectivity index (χ2v) is 5.03. The highest BCUT2D eigenvalue weighted by atomic mass is 32.2. The van der Waals surface area contributed by atoms with Crippen LogP contribution < -0.4 is 0 Å². The topological polar surface area (TPSA) is 37.4 Å². The molecule has 21 heavy (non-hydrogen) atoms. The van der Waals surface area contributed by atoms with Gasteiger partial charge < -0.3 is 0 Å². The minimum Gasteiger partial charge on any atom is -0.268 e. The molecule has 0 aromatic heterocycles. The number of carbonyl (C=O) groups is 2. The summed E-state index contributed by atoms with van der Waals surface area (Å²) >= 11 is 0.835. The Hall–Kier alpha value is -2.58. The molecule has 0 aliphatic carbocycles. The maximum Gasteiger partial charge on any atom is 0.272 e. The van der Waals surface area contributed by atoms with E-state index in [-0.39, 0.29) is 17.6 Å². The van der Waals surface area contributed by atoms with Crippen LogP contribution in [0.4, 0.5) is 4.39 Å². The van der Waals surface area contributed by atoms with Gasteiger partial charge in [-0.15, -0.1) is 0 Å². The maximum atomic E-state index is 12.8. The van der Waals surface area contributed by atoms with E-state index >= 15 is 0 Å². The number of nitrogens with zero attached hydrogens (tertiary/aromatic N) is 1. The molecule has 5 heteroatoms. The molecule has 0 saturated heterocycles. The highest BCUT2D eigenvalue weighted by Gasteiger charge is 2.35. The molecular formula is C16H8FNO2S. The van der Waals surface area contributed by atoms with Gasteiger partial charge in [0.15, 0.2) is 0 Å². The molecule has 0 fully saturated rings. The fourth-order valence-corrected chi connectivity index (χ4v) is 2.53. The Kier molecular flexibility index (Phi) is 3.46. The zero-order valence-corrected chi connectivity index (χ0v) is 11.5. The largest absolute Gasteiger partial charge is 0.272 e. The summed E-state index contributed by atoms with van der Waals surface area (Å²) in [6.45, 7) is 0. The number of halogens is 1. The molecule has 0 N–H and O–H groups in total. The van der Waals surface area contributed by atoms with Crippen LogP contribution in [0.15, 0.2) is 48.5 Å². The summed E-state index contributed by atoms with van der Waals surface area (Å²) < 4.78 is 13.8. The average Bonchev–Trinajstić information content (AvgIpc) is 2.75. The lowest BCUT2D eigenvalue weighted by molar-refractivity contribution is 0.0778. The van der Waals surface area contributed by atoms with Crippen LogP contribution in [0, 0.1) is 17.0 Å². The highest BCUT2D eigenvalue weighted by Crippen LogP contribution is 2.27. The van der Waals surface area contributed by atoms with E-state index in [2.05, 4.69) is 11.2 Å². The minimum atomic E-state index is -0.367. The molecule has 2 aromatic rings. The summed E-state index contributed by atoms with van der Waals surface area (Å²) in [6.07, 6.45) is 0. The Labute approximate surface area is 124 Å². The zero-order valence-electron chi connectivity index (χ0n) is 10.7. The Morgan fingerprint density at radius 1 is 0.905 bits per heavy atom. The molecule has 2 aromatic carbocycles. The maximum absolute atomic E-state index is 12.8. The lowest BCUT2D eigenvalue weighted by Gasteiger charge is -2.06. The van der Waals surface area contributed by atoms with E-state index in [4.69, 9.17) is 0 Å². The van der Waals surface area contributed by atoms with Crippen LogP contribution in [0.1, 0.15) is 26.3 Å². The second-order valence-electron chi connectivity index (χ2n) is 4.28. The predicted octanol–water partition coefficient (Wildman–Crippen LogP) is 3.08. The van der Waals surface area contributed by atoms with E-state index < -0.39 is 0 Å². The zero-order chi connectivity index (χ0) is 14.8. The van der Waals surface area contributed by atoms with Gasteiger partial charge in [0.05, 0.1) is 23.1 Å². The van der Waals surface area contributed by atoms with E-state index in [9.17, 15) is 14.0 Å². The standard InChI is InChI=1S/C16H8FNO2S/c17-12-7-5-11(6-8-12)9-10-21-18-15(19)13-3-1-2-4-14(13)16(18)20/h1-8H. The third kappa shape index (κ3) is 2.54. The van der Waals surface area contributed by atoms with E-state index in [1.165, 1.54) is 24.3 Å². The first kappa shape index (κ1) is 13.4. The Bertz CT molecular complexity index is 755. The smallest absolute Gasteiger partial charge is 0.268 e. The third-order valence-corrected chi connectivity index (χ3v) is 3.64. The number of fused-ring (bicyclic) bond motifs is 1. The molecule has 1 heterocycles. The molecule has 102 valence electrons. The van der Waals surface area contributed by atoms with E-state index in [1.54, 1.807) is 24.3 Å². The van der Waals surface area contributed by atoms with Gasteiger partial charge in [-0.05, 0) is 41.7 Å². The van der Waals surface area contributed by atoms with Crippen molar-refractivity contribution < 1.29 is 14.0 Å². The van der Waals surface area contributed by atoms with E-state index in [0.29, 0.717) is 16.7 Å². The fraction of sp³-hybridized carbons (Fsp3) is 0. The van der Waals surface area contributed by atoms with Crippen LogP contribution in [0.5, 0.6) is 0 Å². The molecule has 0 atom stereocenters. The van der Waals surface area contributed by atoms with Crippen LogP contribution in [-0.4, -0.2) is 16.1 Å². The van der Waals surface area contributed by atoms with Crippen molar-refractivity contribution >= 4 is 23.8 Å². The van der Waals surface area contributed by atoms with Gasteiger partial charge in [-0.3, -0.25) is 9.59 Å². The summed E-state index contributed by atoms with van der Waals surface area (Å²) in [5, 5.41) is 2.69. The SMILES string of the molecule is O=C1c2ccccc2C(=O)N1SC#Cc1ccc(F)cc1. The van der Waals surface area contributed by atoms with E-state index in [1.807, 2.05) is 0 Å². The van der Waals surface area contributed by atoms with Crippen LogP contribution in [0.2, 0.25) is 0 Å². The van der Waals surface area contributed by atoms with Crippen molar-refractivity contribution in [3.63, 3.8) is 0 Å². The van der Waals surface area contributed by atoms with Crippen molar-refractivity contribution in [1.82, 2.24) is 4.31 Å². The van der Waals surface area contributed by atoms with Crippen LogP contribution in [0.25, 0.3) is 0 Å². The Morgan fingerprint density at radius 3 is 2.05 bits per heavy atom. The van der Waals surface area contributed by atoms with Crippen molar-refractivity contribution in [3.8, 4) is 11.2 Å². The minimum absolute atomic E-state index is 0.339. The van der Waals surface area contributed by atoms with Crippen LogP contribution in [0.3, 0.4) is 0 Å². The van der Waals surface area contributed by atoms with Crippen molar-refractivity contribution in [2.75, 3.05) is 0 Å². The quantitative estimate of drug-likeness (QED) is 0.461. The van der Waals surface area contributed by atoms with Gasteiger partial charge >= 0.3 is 0 Å².